The van der Waals surface area contributed by atoms with Crippen LogP contribution in [0.1, 0.15) is 23.2 Å². The smallest absolute Gasteiger partial charge is 0.152 e. The van der Waals surface area contributed by atoms with Crippen molar-refractivity contribution in [3.8, 4) is 0 Å². The molecule has 1 aromatic rings. The average molecular weight is 161 g/mol. The molecule has 0 saturated heterocycles. The molecule has 2 nitrogen and oxygen atoms in total. The Balaban J connectivity index is 2.20. The third-order valence-corrected chi connectivity index (χ3v) is 2.02. The van der Waals surface area contributed by atoms with Gasteiger partial charge in [-0.1, -0.05) is 12.1 Å². The first-order chi connectivity index (χ1) is 5.90. The average Bonchev–Trinajstić information content (AvgIpc) is 2.89. The molecule has 1 saturated carbocycles. The lowest BCUT2D eigenvalue weighted by atomic mass is 10.2. The van der Waals surface area contributed by atoms with Crippen molar-refractivity contribution in [3.05, 3.63) is 29.8 Å². The van der Waals surface area contributed by atoms with E-state index in [1.165, 1.54) is 12.8 Å². The van der Waals surface area contributed by atoms with Crippen molar-refractivity contribution in [2.24, 2.45) is 0 Å². The quantitative estimate of drug-likeness (QED) is 0.687. The maximum absolute atomic E-state index is 10.6. The molecule has 0 bridgehead atoms. The van der Waals surface area contributed by atoms with Crippen LogP contribution in [0.2, 0.25) is 0 Å². The molecule has 12 heavy (non-hydrogen) atoms. The van der Waals surface area contributed by atoms with Crippen LogP contribution >= 0.6 is 0 Å². The number of rotatable bonds is 3. The molecule has 1 aliphatic carbocycles. The molecule has 0 heterocycles. The summed E-state index contributed by atoms with van der Waals surface area (Å²) in [6, 6.07) is 8.20. The van der Waals surface area contributed by atoms with E-state index < -0.39 is 0 Å². The predicted octanol–water partition coefficient (Wildman–Crippen LogP) is 2.07. The van der Waals surface area contributed by atoms with Crippen LogP contribution in [-0.4, -0.2) is 12.3 Å². The zero-order valence-corrected chi connectivity index (χ0v) is 6.79. The van der Waals surface area contributed by atoms with Gasteiger partial charge in [0.25, 0.3) is 0 Å². The van der Waals surface area contributed by atoms with Gasteiger partial charge in [0.2, 0.25) is 0 Å². The molecule has 1 aliphatic rings. The standard InChI is InChI=1S/C10H11NO/c12-7-8-3-1-2-4-10(8)11-9-5-6-9/h1-4,7,9,11H,5-6H2. The fourth-order valence-corrected chi connectivity index (χ4v) is 1.18. The first-order valence-corrected chi connectivity index (χ1v) is 4.21. The van der Waals surface area contributed by atoms with Gasteiger partial charge in [0, 0.05) is 17.3 Å². The predicted molar refractivity (Wildman–Crippen MR) is 48.5 cm³/mol. The fraction of sp³-hybridized carbons (Fsp3) is 0.300. The van der Waals surface area contributed by atoms with Crippen LogP contribution in [0, 0.1) is 0 Å². The minimum absolute atomic E-state index is 0.603. The summed E-state index contributed by atoms with van der Waals surface area (Å²) in [6.07, 6.45) is 3.35. The molecule has 0 aliphatic heterocycles. The minimum Gasteiger partial charge on any atom is -0.382 e. The molecule has 1 aromatic carbocycles. The van der Waals surface area contributed by atoms with Gasteiger partial charge in [-0.2, -0.15) is 0 Å². The highest BCUT2D eigenvalue weighted by atomic mass is 16.1. The summed E-state index contributed by atoms with van der Waals surface area (Å²) in [5.41, 5.74) is 1.72. The van der Waals surface area contributed by atoms with Crippen molar-refractivity contribution in [2.75, 3.05) is 5.32 Å². The Hall–Kier alpha value is -1.31. The Morgan fingerprint density at radius 3 is 2.75 bits per heavy atom. The van der Waals surface area contributed by atoms with E-state index in [1.54, 1.807) is 0 Å². The molecule has 0 atom stereocenters. The van der Waals surface area contributed by atoms with Gasteiger partial charge in [-0.15, -0.1) is 0 Å². The summed E-state index contributed by atoms with van der Waals surface area (Å²) in [7, 11) is 0. The number of para-hydroxylation sites is 1. The lowest BCUT2D eigenvalue weighted by molar-refractivity contribution is 0.112. The van der Waals surface area contributed by atoms with Crippen LogP contribution in [0.5, 0.6) is 0 Å². The van der Waals surface area contributed by atoms with Gasteiger partial charge >= 0.3 is 0 Å². The molecule has 62 valence electrons. The van der Waals surface area contributed by atoms with Crippen LogP contribution < -0.4 is 5.32 Å². The second-order valence-corrected chi connectivity index (χ2v) is 3.12. The topological polar surface area (TPSA) is 29.1 Å². The largest absolute Gasteiger partial charge is 0.382 e. The molecule has 0 spiro atoms. The van der Waals surface area contributed by atoms with Crippen molar-refractivity contribution in [1.29, 1.82) is 0 Å². The van der Waals surface area contributed by atoms with Crippen molar-refractivity contribution in [2.45, 2.75) is 18.9 Å². The Labute approximate surface area is 71.6 Å². The maximum atomic E-state index is 10.6. The number of anilines is 1. The highest BCUT2D eigenvalue weighted by Crippen LogP contribution is 2.25. The molecule has 0 amide bonds. The summed E-state index contributed by atoms with van der Waals surface area (Å²) in [5, 5.41) is 3.30. The van der Waals surface area contributed by atoms with Gasteiger partial charge < -0.3 is 5.32 Å². The Morgan fingerprint density at radius 2 is 2.08 bits per heavy atom. The monoisotopic (exact) mass is 161 g/mol. The molecule has 2 heteroatoms. The van der Waals surface area contributed by atoms with Gasteiger partial charge in [0.1, 0.15) is 0 Å². The number of nitrogens with one attached hydrogen (secondary N) is 1. The SMILES string of the molecule is O=Cc1ccccc1NC1CC1. The van der Waals surface area contributed by atoms with Crippen molar-refractivity contribution >= 4 is 12.0 Å². The van der Waals surface area contributed by atoms with Gasteiger partial charge in [-0.05, 0) is 25.0 Å². The zero-order chi connectivity index (χ0) is 8.39. The van der Waals surface area contributed by atoms with E-state index >= 15 is 0 Å². The molecule has 0 aromatic heterocycles. The summed E-state index contributed by atoms with van der Waals surface area (Å²) in [5.74, 6) is 0. The summed E-state index contributed by atoms with van der Waals surface area (Å²) >= 11 is 0. The second kappa shape index (κ2) is 2.97. The summed E-state index contributed by atoms with van der Waals surface area (Å²) in [6.45, 7) is 0. The van der Waals surface area contributed by atoms with E-state index in [0.717, 1.165) is 17.5 Å². The van der Waals surface area contributed by atoms with Gasteiger partial charge in [0.15, 0.2) is 6.29 Å². The first-order valence-electron chi connectivity index (χ1n) is 4.21. The van der Waals surface area contributed by atoms with Gasteiger partial charge in [0.05, 0.1) is 0 Å². The van der Waals surface area contributed by atoms with Gasteiger partial charge in [-0.25, -0.2) is 0 Å². The van der Waals surface area contributed by atoms with Crippen LogP contribution in [0.25, 0.3) is 0 Å². The van der Waals surface area contributed by atoms with E-state index in [-0.39, 0.29) is 0 Å². The van der Waals surface area contributed by atoms with Crippen LogP contribution in [0.3, 0.4) is 0 Å². The number of carbonyl (C=O) groups excluding carboxylic acids is 1. The Bertz CT molecular complexity index is 292. The second-order valence-electron chi connectivity index (χ2n) is 3.12. The van der Waals surface area contributed by atoms with E-state index in [9.17, 15) is 4.79 Å². The molecular weight excluding hydrogens is 150 g/mol. The maximum Gasteiger partial charge on any atom is 0.152 e. The van der Waals surface area contributed by atoms with Crippen molar-refractivity contribution < 1.29 is 4.79 Å². The molecule has 1 N–H and O–H groups in total. The third kappa shape index (κ3) is 1.47. The minimum atomic E-state index is 0.603. The zero-order valence-electron chi connectivity index (χ0n) is 6.79. The van der Waals surface area contributed by atoms with Crippen molar-refractivity contribution in [1.82, 2.24) is 0 Å². The fourth-order valence-electron chi connectivity index (χ4n) is 1.18. The summed E-state index contributed by atoms with van der Waals surface area (Å²) in [4.78, 5) is 10.6. The lowest BCUT2D eigenvalue weighted by Crippen LogP contribution is -2.03. The van der Waals surface area contributed by atoms with E-state index in [1.807, 2.05) is 24.3 Å². The number of carbonyl (C=O) groups is 1. The lowest BCUT2D eigenvalue weighted by Gasteiger charge is -2.05. The Morgan fingerprint density at radius 1 is 1.33 bits per heavy atom. The van der Waals surface area contributed by atoms with Gasteiger partial charge in [-0.3, -0.25) is 4.79 Å². The highest BCUT2D eigenvalue weighted by molar-refractivity contribution is 5.84. The van der Waals surface area contributed by atoms with E-state index in [2.05, 4.69) is 5.32 Å². The molecule has 0 radical (unpaired) electrons. The number of hydrogen-bond acceptors (Lipinski definition) is 2. The number of hydrogen-bond donors (Lipinski definition) is 1. The third-order valence-electron chi connectivity index (χ3n) is 2.02. The molecule has 2 rings (SSSR count). The van der Waals surface area contributed by atoms with E-state index in [0.29, 0.717) is 6.04 Å². The first kappa shape index (κ1) is 7.35. The normalized spacial score (nSPS) is 15.7. The van der Waals surface area contributed by atoms with Crippen LogP contribution in [-0.2, 0) is 0 Å². The molecule has 0 unspecified atom stereocenters. The van der Waals surface area contributed by atoms with Crippen molar-refractivity contribution in [3.63, 3.8) is 0 Å². The highest BCUT2D eigenvalue weighted by Gasteiger charge is 2.21. The molecule has 1 fully saturated rings. The number of benzene rings is 1. The van der Waals surface area contributed by atoms with E-state index in [4.69, 9.17) is 0 Å². The molecular formula is C10H11NO. The number of aldehydes is 1. The Kier molecular flexibility index (Phi) is 1.82. The summed E-state index contributed by atoms with van der Waals surface area (Å²) < 4.78 is 0. The van der Waals surface area contributed by atoms with Crippen LogP contribution in [0.15, 0.2) is 24.3 Å². The van der Waals surface area contributed by atoms with Crippen LogP contribution in [0.4, 0.5) is 5.69 Å².